The van der Waals surface area contributed by atoms with Crippen molar-refractivity contribution in [3.05, 3.63) is 30.3 Å². The van der Waals surface area contributed by atoms with Gasteiger partial charge in [-0.1, -0.05) is 31.5 Å². The summed E-state index contributed by atoms with van der Waals surface area (Å²) >= 11 is 0. The van der Waals surface area contributed by atoms with Gasteiger partial charge in [0.25, 0.3) is 0 Å². The largest absolute Gasteiger partial charge is 0.353 e. The number of anilines is 1. The van der Waals surface area contributed by atoms with Crippen LogP contribution in [0.1, 0.15) is 33.1 Å². The lowest BCUT2D eigenvalue weighted by Gasteiger charge is -2.18. The number of carbonyl (C=O) groups excluding carboxylic acids is 2. The molecule has 0 spiro atoms. The molecule has 1 N–H and O–H groups in total. The molecule has 0 aromatic heterocycles. The number of para-hydroxylation sites is 1. The molecule has 2 rings (SSSR count). The monoisotopic (exact) mass is 274 g/mol. The maximum atomic E-state index is 12.2. The summed E-state index contributed by atoms with van der Waals surface area (Å²) < 4.78 is 0. The molecule has 1 saturated heterocycles. The molecule has 1 aromatic carbocycles. The van der Waals surface area contributed by atoms with Gasteiger partial charge in [-0.3, -0.25) is 9.59 Å². The number of rotatable bonds is 5. The Bertz CT molecular complexity index is 473. The van der Waals surface area contributed by atoms with Gasteiger partial charge in [0.1, 0.15) is 0 Å². The number of hydrogen-bond donors (Lipinski definition) is 1. The Balaban J connectivity index is 1.97. The van der Waals surface area contributed by atoms with Gasteiger partial charge in [-0.05, 0) is 25.5 Å². The third kappa shape index (κ3) is 3.38. The van der Waals surface area contributed by atoms with Crippen molar-refractivity contribution >= 4 is 17.5 Å². The second-order valence-corrected chi connectivity index (χ2v) is 5.44. The summed E-state index contributed by atoms with van der Waals surface area (Å²) in [5.41, 5.74) is 0.870. The number of amides is 2. The van der Waals surface area contributed by atoms with Crippen molar-refractivity contribution < 1.29 is 9.59 Å². The lowest BCUT2D eigenvalue weighted by molar-refractivity contribution is -0.126. The van der Waals surface area contributed by atoms with E-state index in [0.717, 1.165) is 18.5 Å². The van der Waals surface area contributed by atoms with Gasteiger partial charge >= 0.3 is 0 Å². The SMILES string of the molecule is CCC[C@@H](C)NC(=O)[C@H]1CC(=O)N(c2ccccc2)C1. The first-order valence-corrected chi connectivity index (χ1v) is 7.27. The van der Waals surface area contributed by atoms with Crippen LogP contribution in [-0.2, 0) is 9.59 Å². The molecule has 1 fully saturated rings. The van der Waals surface area contributed by atoms with E-state index in [4.69, 9.17) is 0 Å². The number of benzene rings is 1. The normalized spacial score (nSPS) is 20.0. The van der Waals surface area contributed by atoms with Crippen LogP contribution in [0.2, 0.25) is 0 Å². The van der Waals surface area contributed by atoms with Crippen LogP contribution in [0.5, 0.6) is 0 Å². The van der Waals surface area contributed by atoms with Crippen molar-refractivity contribution in [1.29, 1.82) is 0 Å². The van der Waals surface area contributed by atoms with E-state index < -0.39 is 0 Å². The van der Waals surface area contributed by atoms with Gasteiger partial charge < -0.3 is 10.2 Å². The minimum absolute atomic E-state index is 0.00210. The van der Waals surface area contributed by atoms with E-state index in [0.29, 0.717) is 13.0 Å². The third-order valence-corrected chi connectivity index (χ3v) is 3.67. The average molecular weight is 274 g/mol. The van der Waals surface area contributed by atoms with Gasteiger partial charge in [0.2, 0.25) is 11.8 Å². The molecule has 1 aliphatic rings. The predicted octanol–water partition coefficient (Wildman–Crippen LogP) is 2.34. The van der Waals surface area contributed by atoms with Gasteiger partial charge in [-0.2, -0.15) is 0 Å². The summed E-state index contributed by atoms with van der Waals surface area (Å²) in [4.78, 5) is 25.9. The molecular weight excluding hydrogens is 252 g/mol. The van der Waals surface area contributed by atoms with Gasteiger partial charge in [0.05, 0.1) is 5.92 Å². The predicted molar refractivity (Wildman–Crippen MR) is 79.4 cm³/mol. The zero-order valence-corrected chi connectivity index (χ0v) is 12.1. The lowest BCUT2D eigenvalue weighted by Crippen LogP contribution is -2.38. The standard InChI is InChI=1S/C16H22N2O2/c1-3-7-12(2)17-16(20)13-10-15(19)18(11-13)14-8-5-4-6-9-14/h4-6,8-9,12-13H,3,7,10-11H2,1-2H3,(H,17,20)/t12-,13+/m1/s1. The fourth-order valence-corrected chi connectivity index (χ4v) is 2.61. The maximum absolute atomic E-state index is 12.2. The maximum Gasteiger partial charge on any atom is 0.227 e. The van der Waals surface area contributed by atoms with E-state index in [1.54, 1.807) is 4.90 Å². The molecule has 0 aliphatic carbocycles. The summed E-state index contributed by atoms with van der Waals surface area (Å²) in [6.45, 7) is 4.58. The van der Waals surface area contributed by atoms with Crippen LogP contribution < -0.4 is 10.2 Å². The minimum Gasteiger partial charge on any atom is -0.353 e. The Kier molecular flexibility index (Phi) is 4.77. The Labute approximate surface area is 120 Å². The van der Waals surface area contributed by atoms with E-state index in [-0.39, 0.29) is 23.8 Å². The third-order valence-electron chi connectivity index (χ3n) is 3.67. The Morgan fingerprint density at radius 3 is 2.75 bits per heavy atom. The molecule has 1 aromatic rings. The zero-order valence-electron chi connectivity index (χ0n) is 12.1. The fraction of sp³-hybridized carbons (Fsp3) is 0.500. The van der Waals surface area contributed by atoms with Crippen molar-refractivity contribution in [2.24, 2.45) is 5.92 Å². The first-order valence-electron chi connectivity index (χ1n) is 7.27. The van der Waals surface area contributed by atoms with Crippen LogP contribution in [0.4, 0.5) is 5.69 Å². The quantitative estimate of drug-likeness (QED) is 0.896. The van der Waals surface area contributed by atoms with Crippen LogP contribution in [0.15, 0.2) is 30.3 Å². The van der Waals surface area contributed by atoms with Crippen molar-refractivity contribution in [3.63, 3.8) is 0 Å². The molecule has 0 bridgehead atoms. The van der Waals surface area contributed by atoms with Crippen molar-refractivity contribution in [1.82, 2.24) is 5.32 Å². The topological polar surface area (TPSA) is 49.4 Å². The summed E-state index contributed by atoms with van der Waals surface area (Å²) in [5, 5.41) is 3.00. The van der Waals surface area contributed by atoms with E-state index in [1.807, 2.05) is 37.3 Å². The van der Waals surface area contributed by atoms with Crippen LogP contribution in [0.3, 0.4) is 0 Å². The molecule has 2 amide bonds. The molecule has 1 heterocycles. The fourth-order valence-electron chi connectivity index (χ4n) is 2.61. The minimum atomic E-state index is -0.234. The van der Waals surface area contributed by atoms with Crippen LogP contribution >= 0.6 is 0 Å². The molecule has 108 valence electrons. The Hall–Kier alpha value is -1.84. The number of hydrogen-bond acceptors (Lipinski definition) is 2. The molecule has 0 unspecified atom stereocenters. The number of nitrogens with zero attached hydrogens (tertiary/aromatic N) is 1. The highest BCUT2D eigenvalue weighted by Gasteiger charge is 2.35. The lowest BCUT2D eigenvalue weighted by atomic mass is 10.1. The van der Waals surface area contributed by atoms with Crippen LogP contribution in [0, 0.1) is 5.92 Å². The smallest absolute Gasteiger partial charge is 0.227 e. The highest BCUT2D eigenvalue weighted by Crippen LogP contribution is 2.24. The summed E-state index contributed by atoms with van der Waals surface area (Å²) in [6, 6.07) is 9.70. The van der Waals surface area contributed by atoms with Crippen molar-refractivity contribution in [2.45, 2.75) is 39.2 Å². The number of carbonyl (C=O) groups is 2. The molecule has 0 radical (unpaired) electrons. The van der Waals surface area contributed by atoms with E-state index in [9.17, 15) is 9.59 Å². The summed E-state index contributed by atoms with van der Waals surface area (Å²) in [6.07, 6.45) is 2.32. The second-order valence-electron chi connectivity index (χ2n) is 5.44. The zero-order chi connectivity index (χ0) is 14.5. The molecule has 1 aliphatic heterocycles. The van der Waals surface area contributed by atoms with E-state index >= 15 is 0 Å². The van der Waals surface area contributed by atoms with Gasteiger partial charge in [0.15, 0.2) is 0 Å². The molecule has 20 heavy (non-hydrogen) atoms. The van der Waals surface area contributed by atoms with Crippen LogP contribution in [0.25, 0.3) is 0 Å². The first-order chi connectivity index (χ1) is 9.61. The van der Waals surface area contributed by atoms with E-state index in [2.05, 4.69) is 12.2 Å². The molecule has 2 atom stereocenters. The molecular formula is C16H22N2O2. The van der Waals surface area contributed by atoms with Gasteiger partial charge in [-0.15, -0.1) is 0 Å². The molecule has 0 saturated carbocycles. The number of nitrogens with one attached hydrogen (secondary N) is 1. The molecule has 4 nitrogen and oxygen atoms in total. The summed E-state index contributed by atoms with van der Waals surface area (Å²) in [5.74, 6) is -0.209. The Morgan fingerprint density at radius 1 is 1.40 bits per heavy atom. The average Bonchev–Trinajstić information content (AvgIpc) is 2.82. The highest BCUT2D eigenvalue weighted by atomic mass is 16.2. The van der Waals surface area contributed by atoms with Crippen molar-refractivity contribution in [2.75, 3.05) is 11.4 Å². The first kappa shape index (κ1) is 14.6. The summed E-state index contributed by atoms with van der Waals surface area (Å²) in [7, 11) is 0. The second kappa shape index (κ2) is 6.55. The van der Waals surface area contributed by atoms with Gasteiger partial charge in [-0.25, -0.2) is 0 Å². The highest BCUT2D eigenvalue weighted by molar-refractivity contribution is 6.00. The van der Waals surface area contributed by atoms with Gasteiger partial charge in [0, 0.05) is 24.7 Å². The van der Waals surface area contributed by atoms with E-state index in [1.165, 1.54) is 0 Å². The Morgan fingerprint density at radius 2 is 2.10 bits per heavy atom. The van der Waals surface area contributed by atoms with Crippen molar-refractivity contribution in [3.8, 4) is 0 Å². The van der Waals surface area contributed by atoms with Crippen LogP contribution in [-0.4, -0.2) is 24.4 Å². The molecule has 4 heteroatoms.